The summed E-state index contributed by atoms with van der Waals surface area (Å²) in [6, 6.07) is 14.6. The van der Waals surface area contributed by atoms with Gasteiger partial charge in [0.25, 0.3) is 0 Å². The van der Waals surface area contributed by atoms with Crippen LogP contribution in [0.1, 0.15) is 41.7 Å². The second-order valence-corrected chi connectivity index (χ2v) is 10.6. The maximum atomic E-state index is 14.3. The van der Waals surface area contributed by atoms with E-state index >= 15 is 0 Å². The highest BCUT2D eigenvalue weighted by Crippen LogP contribution is 2.25. The first kappa shape index (κ1) is 29.3. The van der Waals surface area contributed by atoms with Crippen LogP contribution in [-0.4, -0.2) is 44.7 Å². The maximum absolute atomic E-state index is 14.3. The standard InChI is InChI=1S/C30H33F2N7O2.2H2/c1-19(15-20-7-6-8-21(16-20)18-35-29(40)41-30(2,3)4)36-28-34-14-12-26(38-28)39(5)25-11-13-33-27(37-25)23-10-9-22(31)17-24(23)32;;/h6-14,16-17,19H,15,18H2,1-5H3,(H,35,40)(H,34,36,38);2*1H. The molecule has 218 valence electrons. The van der Waals surface area contributed by atoms with Gasteiger partial charge in [-0.25, -0.2) is 28.5 Å². The first-order valence-electron chi connectivity index (χ1n) is 13.1. The van der Waals surface area contributed by atoms with E-state index in [1.54, 1.807) is 30.3 Å². The zero-order chi connectivity index (χ0) is 29.6. The highest BCUT2D eigenvalue weighted by molar-refractivity contribution is 5.67. The number of aromatic nitrogens is 4. The average Bonchev–Trinajstić information content (AvgIpc) is 2.91. The first-order valence-corrected chi connectivity index (χ1v) is 13.1. The maximum Gasteiger partial charge on any atom is 0.407 e. The van der Waals surface area contributed by atoms with Crippen molar-refractivity contribution in [2.75, 3.05) is 17.3 Å². The molecule has 1 atom stereocenters. The lowest BCUT2D eigenvalue weighted by molar-refractivity contribution is 0.0523. The van der Waals surface area contributed by atoms with Gasteiger partial charge in [-0.05, 0) is 69.5 Å². The molecule has 1 unspecified atom stereocenters. The number of carbonyl (C=O) groups excluding carboxylic acids is 1. The number of carbonyl (C=O) groups is 1. The van der Waals surface area contributed by atoms with Gasteiger partial charge in [-0.3, -0.25) is 0 Å². The summed E-state index contributed by atoms with van der Waals surface area (Å²) in [5, 5.41) is 6.11. The number of halogens is 2. The Morgan fingerprint density at radius 3 is 2.44 bits per heavy atom. The Bertz CT molecular complexity index is 1520. The van der Waals surface area contributed by atoms with Crippen LogP contribution in [0, 0.1) is 11.6 Å². The molecule has 0 aliphatic rings. The van der Waals surface area contributed by atoms with Crippen LogP contribution in [0.25, 0.3) is 11.4 Å². The molecule has 4 aromatic rings. The molecule has 0 fully saturated rings. The van der Waals surface area contributed by atoms with Gasteiger partial charge in [0.05, 0.1) is 5.56 Å². The summed E-state index contributed by atoms with van der Waals surface area (Å²) in [4.78, 5) is 31.3. The summed E-state index contributed by atoms with van der Waals surface area (Å²) < 4.78 is 32.9. The molecule has 1 amide bonds. The number of hydrogen-bond acceptors (Lipinski definition) is 8. The quantitative estimate of drug-likeness (QED) is 0.236. The fourth-order valence-electron chi connectivity index (χ4n) is 4.04. The molecule has 0 saturated heterocycles. The molecule has 0 saturated carbocycles. The third kappa shape index (κ3) is 8.41. The van der Waals surface area contributed by atoms with Gasteiger partial charge < -0.3 is 20.3 Å². The van der Waals surface area contributed by atoms with E-state index in [-0.39, 0.29) is 20.3 Å². The smallest absolute Gasteiger partial charge is 0.407 e. The number of amides is 1. The Labute approximate surface area is 241 Å². The number of hydrogen-bond donors (Lipinski definition) is 2. The van der Waals surface area contributed by atoms with Crippen LogP contribution in [0.5, 0.6) is 0 Å². The van der Waals surface area contributed by atoms with E-state index in [4.69, 9.17) is 4.74 Å². The second kappa shape index (κ2) is 12.7. The molecular formula is C30H37F2N7O2. The van der Waals surface area contributed by atoms with Crippen LogP contribution in [0.2, 0.25) is 0 Å². The minimum Gasteiger partial charge on any atom is -0.444 e. The summed E-state index contributed by atoms with van der Waals surface area (Å²) in [6.45, 7) is 7.86. The third-order valence-corrected chi connectivity index (χ3v) is 5.89. The van der Waals surface area contributed by atoms with E-state index < -0.39 is 23.3 Å². The number of nitrogens with one attached hydrogen (secondary N) is 2. The van der Waals surface area contributed by atoms with Crippen LogP contribution >= 0.6 is 0 Å². The topological polar surface area (TPSA) is 105 Å². The Balaban J connectivity index is 0.00000323. The Hall–Kier alpha value is -4.67. The minimum absolute atomic E-state index is 0. The van der Waals surface area contributed by atoms with Crippen LogP contribution in [0.3, 0.4) is 0 Å². The average molecular weight is 566 g/mol. The van der Waals surface area contributed by atoms with Crippen molar-refractivity contribution in [1.29, 1.82) is 0 Å². The molecule has 41 heavy (non-hydrogen) atoms. The van der Waals surface area contributed by atoms with Gasteiger partial charge in [-0.15, -0.1) is 0 Å². The molecular weight excluding hydrogens is 528 g/mol. The van der Waals surface area contributed by atoms with Crippen molar-refractivity contribution in [3.63, 3.8) is 0 Å². The largest absolute Gasteiger partial charge is 0.444 e. The molecule has 2 aromatic carbocycles. The number of alkyl carbamates (subject to hydrolysis) is 1. The molecule has 2 heterocycles. The molecule has 2 N–H and O–H groups in total. The molecule has 0 bridgehead atoms. The van der Waals surface area contributed by atoms with E-state index in [0.717, 1.165) is 17.2 Å². The Morgan fingerprint density at radius 2 is 1.71 bits per heavy atom. The summed E-state index contributed by atoms with van der Waals surface area (Å²) in [5.74, 6) is 0.206. The first-order chi connectivity index (χ1) is 19.5. The summed E-state index contributed by atoms with van der Waals surface area (Å²) >= 11 is 0. The zero-order valence-electron chi connectivity index (χ0n) is 23.7. The molecule has 9 nitrogen and oxygen atoms in total. The monoisotopic (exact) mass is 565 g/mol. The normalized spacial score (nSPS) is 12.0. The fraction of sp³-hybridized carbons (Fsp3) is 0.300. The van der Waals surface area contributed by atoms with Gasteiger partial charge in [0.2, 0.25) is 5.95 Å². The van der Waals surface area contributed by atoms with E-state index in [1.807, 2.05) is 52.0 Å². The second-order valence-electron chi connectivity index (χ2n) is 10.6. The summed E-state index contributed by atoms with van der Waals surface area (Å²) in [5.41, 5.74) is 1.60. The number of nitrogens with zero attached hydrogens (tertiary/aromatic N) is 5. The van der Waals surface area contributed by atoms with Gasteiger partial charge in [-0.1, -0.05) is 24.3 Å². The van der Waals surface area contributed by atoms with Gasteiger partial charge in [0.1, 0.15) is 28.9 Å². The van der Waals surface area contributed by atoms with E-state index in [1.165, 1.54) is 18.3 Å². The van der Waals surface area contributed by atoms with Crippen molar-refractivity contribution in [1.82, 2.24) is 25.3 Å². The van der Waals surface area contributed by atoms with Crippen LogP contribution in [0.15, 0.2) is 67.0 Å². The van der Waals surface area contributed by atoms with Crippen molar-refractivity contribution < 1.29 is 21.2 Å². The van der Waals surface area contributed by atoms with Gasteiger partial charge >= 0.3 is 6.09 Å². The van der Waals surface area contributed by atoms with Gasteiger partial charge in [0, 0.05) is 40.9 Å². The Kier molecular flexibility index (Phi) is 9.06. The van der Waals surface area contributed by atoms with Crippen molar-refractivity contribution in [2.45, 2.75) is 52.3 Å². The molecule has 4 rings (SSSR count). The van der Waals surface area contributed by atoms with Crippen LogP contribution in [-0.2, 0) is 17.7 Å². The molecule has 11 heteroatoms. The number of rotatable bonds is 9. The number of anilines is 3. The summed E-state index contributed by atoms with van der Waals surface area (Å²) in [7, 11) is 1.78. The molecule has 2 aromatic heterocycles. The van der Waals surface area contributed by atoms with Crippen LogP contribution in [0.4, 0.5) is 31.2 Å². The van der Waals surface area contributed by atoms with E-state index in [0.29, 0.717) is 30.5 Å². The van der Waals surface area contributed by atoms with Crippen molar-refractivity contribution in [3.8, 4) is 11.4 Å². The fourth-order valence-corrected chi connectivity index (χ4v) is 4.04. The molecule has 0 aliphatic carbocycles. The predicted molar refractivity (Wildman–Crippen MR) is 158 cm³/mol. The predicted octanol–water partition coefficient (Wildman–Crippen LogP) is 6.54. The minimum atomic E-state index is -0.739. The zero-order valence-corrected chi connectivity index (χ0v) is 23.7. The lowest BCUT2D eigenvalue weighted by Gasteiger charge is -2.20. The van der Waals surface area contributed by atoms with Crippen LogP contribution < -0.4 is 15.5 Å². The van der Waals surface area contributed by atoms with E-state index in [2.05, 4.69) is 30.6 Å². The van der Waals surface area contributed by atoms with E-state index in [9.17, 15) is 13.6 Å². The molecule has 0 aliphatic heterocycles. The van der Waals surface area contributed by atoms with Crippen molar-refractivity contribution in [3.05, 3.63) is 89.8 Å². The highest BCUT2D eigenvalue weighted by atomic mass is 19.1. The number of ether oxygens (including phenoxy) is 1. The number of benzene rings is 2. The SMILES string of the molecule is CC(Cc1cccc(CNC(=O)OC(C)(C)C)c1)Nc1nccc(N(C)c2ccnc(-c3ccc(F)cc3F)n2)n1.[HH].[HH]. The van der Waals surface area contributed by atoms with Gasteiger partial charge in [0.15, 0.2) is 5.82 Å². The molecule has 0 spiro atoms. The lowest BCUT2D eigenvalue weighted by Crippen LogP contribution is -2.32. The van der Waals surface area contributed by atoms with Crippen molar-refractivity contribution in [2.24, 2.45) is 0 Å². The Morgan fingerprint density at radius 1 is 1.00 bits per heavy atom. The highest BCUT2D eigenvalue weighted by Gasteiger charge is 2.16. The van der Waals surface area contributed by atoms with Crippen molar-refractivity contribution >= 4 is 23.7 Å². The summed E-state index contributed by atoms with van der Waals surface area (Å²) in [6.07, 6.45) is 3.39. The van der Waals surface area contributed by atoms with Gasteiger partial charge in [-0.2, -0.15) is 4.98 Å². The third-order valence-electron chi connectivity index (χ3n) is 5.89. The lowest BCUT2D eigenvalue weighted by atomic mass is 10.0. The molecule has 0 radical (unpaired) electrons.